The van der Waals surface area contributed by atoms with Gasteiger partial charge in [-0.3, -0.25) is 4.90 Å². The third-order valence-electron chi connectivity index (χ3n) is 2.83. The highest BCUT2D eigenvalue weighted by Crippen LogP contribution is 2.21. The fourth-order valence-electron chi connectivity index (χ4n) is 2.04. The number of hydrogen-bond acceptors (Lipinski definition) is 3. The van der Waals surface area contributed by atoms with Gasteiger partial charge in [0.15, 0.2) is 0 Å². The van der Waals surface area contributed by atoms with E-state index in [2.05, 4.69) is 10.3 Å². The summed E-state index contributed by atoms with van der Waals surface area (Å²) < 4.78 is 0. The average Bonchev–Trinajstić information content (AvgIpc) is 2.30. The Labute approximate surface area is 104 Å². The van der Waals surface area contributed by atoms with Crippen molar-refractivity contribution in [2.45, 2.75) is 18.9 Å². The Kier molecular flexibility index (Phi) is 3.81. The Bertz CT molecular complexity index is 407. The molecule has 1 fully saturated rings. The second-order valence-corrected chi connectivity index (χ2v) is 4.34. The van der Waals surface area contributed by atoms with Gasteiger partial charge in [0, 0.05) is 6.04 Å². The van der Waals surface area contributed by atoms with Crippen molar-refractivity contribution in [3.05, 3.63) is 23.4 Å². The molecule has 2 N–H and O–H groups in total. The van der Waals surface area contributed by atoms with E-state index >= 15 is 0 Å². The molecule has 0 radical (unpaired) electrons. The molecule has 1 aromatic rings. The van der Waals surface area contributed by atoms with E-state index < -0.39 is 6.09 Å². The Morgan fingerprint density at radius 2 is 2.18 bits per heavy atom. The average molecular weight is 256 g/mol. The van der Waals surface area contributed by atoms with Gasteiger partial charge < -0.3 is 10.4 Å². The van der Waals surface area contributed by atoms with Gasteiger partial charge in [-0.05, 0) is 38.1 Å². The van der Waals surface area contributed by atoms with Crippen molar-refractivity contribution >= 4 is 23.5 Å². The van der Waals surface area contributed by atoms with Crippen LogP contribution < -0.4 is 10.2 Å². The van der Waals surface area contributed by atoms with Gasteiger partial charge >= 0.3 is 6.09 Å². The van der Waals surface area contributed by atoms with E-state index in [0.29, 0.717) is 11.0 Å². The van der Waals surface area contributed by atoms with E-state index in [1.54, 1.807) is 18.2 Å². The van der Waals surface area contributed by atoms with Crippen LogP contribution in [0.2, 0.25) is 5.15 Å². The van der Waals surface area contributed by atoms with Gasteiger partial charge in [0.05, 0.1) is 0 Å². The molecule has 2 heterocycles. The number of halogens is 1. The van der Waals surface area contributed by atoms with E-state index in [4.69, 9.17) is 11.6 Å². The maximum absolute atomic E-state index is 11.3. The van der Waals surface area contributed by atoms with E-state index in [0.717, 1.165) is 25.9 Å². The molecule has 2 rings (SSSR count). The lowest BCUT2D eigenvalue weighted by Crippen LogP contribution is -2.46. The number of carboxylic acid groups (broad SMARTS) is 1. The predicted octanol–water partition coefficient (Wildman–Crippen LogP) is 1.97. The number of anilines is 1. The first-order valence-electron chi connectivity index (χ1n) is 5.54. The highest BCUT2D eigenvalue weighted by atomic mass is 35.5. The first-order chi connectivity index (χ1) is 8.18. The third kappa shape index (κ3) is 2.87. The van der Waals surface area contributed by atoms with Crippen LogP contribution in [0, 0.1) is 0 Å². The lowest BCUT2D eigenvalue weighted by molar-refractivity contribution is 0.196. The second-order valence-electron chi connectivity index (χ2n) is 3.95. The standard InChI is InChI=1S/C11H14ClN3O2/c12-9-2-1-3-10(14-9)15(11(16)17)8-4-6-13-7-5-8/h1-3,8,13H,4-7H2,(H,16,17). The molecule has 5 nitrogen and oxygen atoms in total. The van der Waals surface area contributed by atoms with E-state index in [9.17, 15) is 9.90 Å². The Morgan fingerprint density at radius 3 is 2.76 bits per heavy atom. The molecular formula is C11H14ClN3O2. The Balaban J connectivity index is 2.25. The minimum atomic E-state index is -0.980. The summed E-state index contributed by atoms with van der Waals surface area (Å²) >= 11 is 5.79. The van der Waals surface area contributed by atoms with Crippen molar-refractivity contribution in [1.82, 2.24) is 10.3 Å². The van der Waals surface area contributed by atoms with E-state index in [1.165, 1.54) is 4.90 Å². The number of nitrogens with one attached hydrogen (secondary N) is 1. The SMILES string of the molecule is O=C(O)N(c1cccc(Cl)n1)C1CCNCC1. The van der Waals surface area contributed by atoms with Crippen LogP contribution in [0.3, 0.4) is 0 Å². The quantitative estimate of drug-likeness (QED) is 0.793. The van der Waals surface area contributed by atoms with Gasteiger partial charge in [-0.2, -0.15) is 0 Å². The molecule has 17 heavy (non-hydrogen) atoms. The molecule has 1 aromatic heterocycles. The molecule has 0 saturated carbocycles. The van der Waals surface area contributed by atoms with Crippen LogP contribution in [0.25, 0.3) is 0 Å². The molecule has 0 bridgehead atoms. The number of carbonyl (C=O) groups is 1. The zero-order valence-electron chi connectivity index (χ0n) is 9.27. The summed E-state index contributed by atoms with van der Waals surface area (Å²) in [5, 5.41) is 12.8. The molecule has 92 valence electrons. The molecule has 6 heteroatoms. The summed E-state index contributed by atoms with van der Waals surface area (Å²) in [4.78, 5) is 16.7. The lowest BCUT2D eigenvalue weighted by atomic mass is 10.1. The number of nitrogens with zero attached hydrogens (tertiary/aromatic N) is 2. The normalized spacial score (nSPS) is 16.8. The number of piperidine rings is 1. The summed E-state index contributed by atoms with van der Waals surface area (Å²) in [7, 11) is 0. The van der Waals surface area contributed by atoms with Crippen LogP contribution in [-0.2, 0) is 0 Å². The maximum Gasteiger partial charge on any atom is 0.413 e. The zero-order valence-corrected chi connectivity index (χ0v) is 10.0. The second kappa shape index (κ2) is 5.33. The minimum absolute atomic E-state index is 0.0280. The van der Waals surface area contributed by atoms with Gasteiger partial charge in [0.1, 0.15) is 11.0 Å². The van der Waals surface area contributed by atoms with Crippen molar-refractivity contribution in [2.24, 2.45) is 0 Å². The topological polar surface area (TPSA) is 65.5 Å². The Hall–Kier alpha value is -1.33. The van der Waals surface area contributed by atoms with E-state index in [-0.39, 0.29) is 6.04 Å². The summed E-state index contributed by atoms with van der Waals surface area (Å²) in [5.74, 6) is 0.400. The fourth-order valence-corrected chi connectivity index (χ4v) is 2.20. The zero-order chi connectivity index (χ0) is 12.3. The highest BCUT2D eigenvalue weighted by molar-refractivity contribution is 6.29. The van der Waals surface area contributed by atoms with Gasteiger partial charge in [-0.15, -0.1) is 0 Å². The molecule has 1 amide bonds. The molecule has 1 saturated heterocycles. The first-order valence-corrected chi connectivity index (χ1v) is 5.91. The Morgan fingerprint density at radius 1 is 1.47 bits per heavy atom. The molecule has 0 atom stereocenters. The van der Waals surface area contributed by atoms with Gasteiger partial charge in [0.2, 0.25) is 0 Å². The molecule has 0 unspecified atom stereocenters. The summed E-state index contributed by atoms with van der Waals surface area (Å²) in [6, 6.07) is 4.98. The van der Waals surface area contributed by atoms with Gasteiger partial charge in [-0.25, -0.2) is 9.78 Å². The van der Waals surface area contributed by atoms with Crippen molar-refractivity contribution in [3.8, 4) is 0 Å². The molecule has 0 spiro atoms. The van der Waals surface area contributed by atoms with Crippen LogP contribution in [-0.4, -0.2) is 35.3 Å². The lowest BCUT2D eigenvalue weighted by Gasteiger charge is -2.31. The van der Waals surface area contributed by atoms with Crippen LogP contribution in [0.1, 0.15) is 12.8 Å². The summed E-state index contributed by atoms with van der Waals surface area (Å²) in [6.07, 6.45) is 0.604. The van der Waals surface area contributed by atoms with Crippen LogP contribution in [0.4, 0.5) is 10.6 Å². The molecule has 1 aliphatic rings. The van der Waals surface area contributed by atoms with Crippen LogP contribution in [0.15, 0.2) is 18.2 Å². The van der Waals surface area contributed by atoms with Crippen molar-refractivity contribution in [3.63, 3.8) is 0 Å². The van der Waals surface area contributed by atoms with Crippen molar-refractivity contribution < 1.29 is 9.90 Å². The number of pyridine rings is 1. The van der Waals surface area contributed by atoms with Crippen LogP contribution in [0.5, 0.6) is 0 Å². The number of rotatable bonds is 2. The molecular weight excluding hydrogens is 242 g/mol. The van der Waals surface area contributed by atoms with E-state index in [1.807, 2.05) is 0 Å². The summed E-state index contributed by atoms with van der Waals surface area (Å²) in [6.45, 7) is 1.66. The third-order valence-corrected chi connectivity index (χ3v) is 3.04. The highest BCUT2D eigenvalue weighted by Gasteiger charge is 2.27. The maximum atomic E-state index is 11.3. The summed E-state index contributed by atoms with van der Waals surface area (Å²) in [5.41, 5.74) is 0. The van der Waals surface area contributed by atoms with Crippen molar-refractivity contribution in [2.75, 3.05) is 18.0 Å². The predicted molar refractivity (Wildman–Crippen MR) is 65.6 cm³/mol. The molecule has 0 aliphatic carbocycles. The smallest absolute Gasteiger partial charge is 0.413 e. The fraction of sp³-hybridized carbons (Fsp3) is 0.455. The largest absolute Gasteiger partial charge is 0.465 e. The number of aromatic nitrogens is 1. The number of amides is 1. The van der Waals surface area contributed by atoms with Gasteiger partial charge in [-0.1, -0.05) is 17.7 Å². The van der Waals surface area contributed by atoms with Crippen LogP contribution >= 0.6 is 11.6 Å². The first kappa shape index (κ1) is 12.1. The molecule has 0 aromatic carbocycles. The monoisotopic (exact) mass is 255 g/mol. The molecule has 1 aliphatic heterocycles. The minimum Gasteiger partial charge on any atom is -0.465 e. The van der Waals surface area contributed by atoms with Gasteiger partial charge in [0.25, 0.3) is 0 Å². The van der Waals surface area contributed by atoms with Crippen molar-refractivity contribution in [1.29, 1.82) is 0 Å². The number of hydrogen-bond donors (Lipinski definition) is 2.